The smallest absolute Gasteiger partial charge is 0.239 e. The van der Waals surface area contributed by atoms with E-state index in [0.29, 0.717) is 12.4 Å². The van der Waals surface area contributed by atoms with Gasteiger partial charge in [0.25, 0.3) is 0 Å². The van der Waals surface area contributed by atoms with Crippen molar-refractivity contribution in [2.45, 2.75) is 12.8 Å². The SMILES string of the molecule is O=C(CNCC1CC1)Nc1ccnc2ccnn12. The van der Waals surface area contributed by atoms with E-state index in [9.17, 15) is 4.79 Å². The lowest BCUT2D eigenvalue weighted by molar-refractivity contribution is -0.115. The van der Waals surface area contributed by atoms with E-state index < -0.39 is 0 Å². The lowest BCUT2D eigenvalue weighted by Gasteiger charge is -2.07. The highest BCUT2D eigenvalue weighted by molar-refractivity contribution is 5.91. The first-order valence-electron chi connectivity index (χ1n) is 6.12. The Morgan fingerprint density at radius 3 is 3.11 bits per heavy atom. The molecule has 3 rings (SSSR count). The zero-order valence-corrected chi connectivity index (χ0v) is 9.97. The Labute approximate surface area is 104 Å². The Hall–Kier alpha value is -1.95. The largest absolute Gasteiger partial charge is 0.309 e. The number of carbonyl (C=O) groups excluding carboxylic acids is 1. The number of carbonyl (C=O) groups is 1. The van der Waals surface area contributed by atoms with E-state index in [1.54, 1.807) is 29.0 Å². The molecular weight excluding hydrogens is 230 g/mol. The Morgan fingerprint density at radius 1 is 1.39 bits per heavy atom. The van der Waals surface area contributed by atoms with E-state index in [4.69, 9.17) is 0 Å². The van der Waals surface area contributed by atoms with Gasteiger partial charge in [-0.1, -0.05) is 0 Å². The highest BCUT2D eigenvalue weighted by Crippen LogP contribution is 2.27. The fraction of sp³-hybridized carbons (Fsp3) is 0.417. The lowest BCUT2D eigenvalue weighted by Crippen LogP contribution is -2.30. The number of amides is 1. The van der Waals surface area contributed by atoms with Gasteiger partial charge in [-0.25, -0.2) is 4.98 Å². The Balaban J connectivity index is 1.60. The summed E-state index contributed by atoms with van der Waals surface area (Å²) in [5.41, 5.74) is 0.721. The molecule has 0 saturated heterocycles. The molecule has 1 fully saturated rings. The number of nitrogens with zero attached hydrogens (tertiary/aromatic N) is 3. The zero-order valence-electron chi connectivity index (χ0n) is 9.97. The molecule has 2 aromatic heterocycles. The van der Waals surface area contributed by atoms with Gasteiger partial charge in [0.2, 0.25) is 5.91 Å². The standard InChI is InChI=1S/C12H15N5O/c18-12(8-13-7-9-1-2-9)16-11-3-5-14-10-4-6-15-17(10)11/h3-6,9,13H,1-2,7-8H2,(H,16,18). The quantitative estimate of drug-likeness (QED) is 0.812. The molecule has 6 nitrogen and oxygen atoms in total. The molecule has 2 aromatic rings. The Morgan fingerprint density at radius 2 is 2.28 bits per heavy atom. The van der Waals surface area contributed by atoms with Crippen LogP contribution < -0.4 is 10.6 Å². The molecule has 0 unspecified atom stereocenters. The van der Waals surface area contributed by atoms with Gasteiger partial charge in [-0.05, 0) is 31.4 Å². The van der Waals surface area contributed by atoms with Gasteiger partial charge in [0.05, 0.1) is 12.7 Å². The normalized spacial score (nSPS) is 14.9. The number of nitrogens with one attached hydrogen (secondary N) is 2. The zero-order chi connectivity index (χ0) is 12.4. The number of aromatic nitrogens is 3. The predicted molar refractivity (Wildman–Crippen MR) is 67.2 cm³/mol. The van der Waals surface area contributed by atoms with E-state index in [2.05, 4.69) is 20.7 Å². The molecule has 1 amide bonds. The molecule has 2 heterocycles. The van der Waals surface area contributed by atoms with E-state index in [0.717, 1.165) is 18.1 Å². The Kier molecular flexibility index (Phi) is 2.93. The molecular formula is C12H15N5O. The first kappa shape index (κ1) is 11.2. The molecule has 0 aliphatic heterocycles. The van der Waals surface area contributed by atoms with Crippen LogP contribution in [0.3, 0.4) is 0 Å². The molecule has 18 heavy (non-hydrogen) atoms. The minimum Gasteiger partial charge on any atom is -0.309 e. The number of anilines is 1. The summed E-state index contributed by atoms with van der Waals surface area (Å²) in [6.07, 6.45) is 5.88. The minimum absolute atomic E-state index is 0.0568. The average Bonchev–Trinajstić information content (AvgIpc) is 3.05. The number of hydrogen-bond acceptors (Lipinski definition) is 4. The molecule has 1 saturated carbocycles. The molecule has 6 heteroatoms. The van der Waals surface area contributed by atoms with Crippen LogP contribution in [0.2, 0.25) is 0 Å². The molecule has 0 radical (unpaired) electrons. The third-order valence-corrected chi connectivity index (χ3v) is 2.97. The maximum atomic E-state index is 11.7. The maximum absolute atomic E-state index is 11.7. The van der Waals surface area contributed by atoms with Gasteiger partial charge in [-0.15, -0.1) is 0 Å². The van der Waals surface area contributed by atoms with E-state index in [-0.39, 0.29) is 5.91 Å². The molecule has 0 spiro atoms. The van der Waals surface area contributed by atoms with Crippen LogP contribution in [-0.2, 0) is 4.79 Å². The van der Waals surface area contributed by atoms with Crippen LogP contribution in [0, 0.1) is 5.92 Å². The summed E-state index contributed by atoms with van der Waals surface area (Å²) in [4.78, 5) is 15.9. The van der Waals surface area contributed by atoms with Crippen LogP contribution in [0.4, 0.5) is 5.82 Å². The van der Waals surface area contributed by atoms with Crippen molar-refractivity contribution in [1.29, 1.82) is 0 Å². The summed E-state index contributed by atoms with van der Waals surface area (Å²) in [6, 6.07) is 3.53. The third-order valence-electron chi connectivity index (χ3n) is 2.97. The highest BCUT2D eigenvalue weighted by atomic mass is 16.2. The van der Waals surface area contributed by atoms with Crippen molar-refractivity contribution in [3.8, 4) is 0 Å². The third kappa shape index (κ3) is 2.48. The molecule has 1 aliphatic carbocycles. The average molecular weight is 245 g/mol. The van der Waals surface area contributed by atoms with Gasteiger partial charge in [0.1, 0.15) is 5.82 Å². The first-order valence-corrected chi connectivity index (χ1v) is 6.12. The van der Waals surface area contributed by atoms with Crippen molar-refractivity contribution in [2.24, 2.45) is 5.92 Å². The Bertz CT molecular complexity index is 560. The first-order chi connectivity index (χ1) is 8.83. The van der Waals surface area contributed by atoms with Crippen molar-refractivity contribution in [3.63, 3.8) is 0 Å². The van der Waals surface area contributed by atoms with Gasteiger partial charge in [-0.2, -0.15) is 9.61 Å². The summed E-state index contributed by atoms with van der Waals surface area (Å²) in [6.45, 7) is 1.27. The summed E-state index contributed by atoms with van der Waals surface area (Å²) >= 11 is 0. The predicted octanol–water partition coefficient (Wildman–Crippen LogP) is 0.667. The second kappa shape index (κ2) is 4.73. The monoisotopic (exact) mass is 245 g/mol. The van der Waals surface area contributed by atoms with Gasteiger partial charge in [-0.3, -0.25) is 4.79 Å². The fourth-order valence-electron chi connectivity index (χ4n) is 1.83. The molecule has 1 aliphatic rings. The molecule has 0 aromatic carbocycles. The van der Waals surface area contributed by atoms with Crippen molar-refractivity contribution in [2.75, 3.05) is 18.4 Å². The van der Waals surface area contributed by atoms with E-state index >= 15 is 0 Å². The summed E-state index contributed by atoms with van der Waals surface area (Å²) in [5.74, 6) is 1.36. The summed E-state index contributed by atoms with van der Waals surface area (Å²) in [7, 11) is 0. The van der Waals surface area contributed by atoms with Crippen molar-refractivity contribution in [3.05, 3.63) is 24.5 Å². The van der Waals surface area contributed by atoms with Crippen molar-refractivity contribution >= 4 is 17.4 Å². The topological polar surface area (TPSA) is 71.3 Å². The van der Waals surface area contributed by atoms with Crippen LogP contribution in [0.25, 0.3) is 5.65 Å². The summed E-state index contributed by atoms with van der Waals surface area (Å²) in [5, 5.41) is 10.1. The van der Waals surface area contributed by atoms with E-state index in [1.807, 2.05) is 0 Å². The second-order valence-electron chi connectivity index (χ2n) is 4.55. The molecule has 2 N–H and O–H groups in total. The number of hydrogen-bond donors (Lipinski definition) is 2. The lowest BCUT2D eigenvalue weighted by atomic mass is 10.4. The minimum atomic E-state index is -0.0568. The van der Waals surface area contributed by atoms with Crippen LogP contribution in [-0.4, -0.2) is 33.6 Å². The molecule has 0 bridgehead atoms. The van der Waals surface area contributed by atoms with Gasteiger partial charge in [0, 0.05) is 12.3 Å². The number of fused-ring (bicyclic) bond motifs is 1. The van der Waals surface area contributed by atoms with Crippen LogP contribution in [0.1, 0.15) is 12.8 Å². The van der Waals surface area contributed by atoms with Crippen LogP contribution >= 0.6 is 0 Å². The van der Waals surface area contributed by atoms with Crippen molar-refractivity contribution < 1.29 is 4.79 Å². The van der Waals surface area contributed by atoms with Gasteiger partial charge >= 0.3 is 0 Å². The molecule has 94 valence electrons. The molecule has 0 atom stereocenters. The van der Waals surface area contributed by atoms with Crippen molar-refractivity contribution in [1.82, 2.24) is 19.9 Å². The summed E-state index contributed by atoms with van der Waals surface area (Å²) < 4.78 is 1.61. The van der Waals surface area contributed by atoms with Crippen LogP contribution in [0.15, 0.2) is 24.5 Å². The highest BCUT2D eigenvalue weighted by Gasteiger charge is 2.20. The second-order valence-corrected chi connectivity index (χ2v) is 4.55. The van der Waals surface area contributed by atoms with Gasteiger partial charge < -0.3 is 10.6 Å². The van der Waals surface area contributed by atoms with Crippen LogP contribution in [0.5, 0.6) is 0 Å². The maximum Gasteiger partial charge on any atom is 0.239 e. The van der Waals surface area contributed by atoms with E-state index in [1.165, 1.54) is 12.8 Å². The van der Waals surface area contributed by atoms with Gasteiger partial charge in [0.15, 0.2) is 5.65 Å². The fourth-order valence-corrected chi connectivity index (χ4v) is 1.83. The number of rotatable bonds is 5.